The van der Waals surface area contributed by atoms with Crippen LogP contribution in [0.1, 0.15) is 27.1 Å². The molecule has 0 saturated carbocycles. The lowest BCUT2D eigenvalue weighted by Crippen LogP contribution is -2.03. The van der Waals surface area contributed by atoms with Gasteiger partial charge in [0, 0.05) is 17.6 Å². The first kappa shape index (κ1) is 13.5. The molecule has 1 aromatic heterocycles. The summed E-state index contributed by atoms with van der Waals surface area (Å²) in [6, 6.07) is 6.92. The highest BCUT2D eigenvalue weighted by atomic mass is 35.5. The number of benzene rings is 1. The molecule has 0 fully saturated rings. The maximum Gasteiger partial charge on any atom is 0.356 e. The molecule has 0 bridgehead atoms. The van der Waals surface area contributed by atoms with Crippen LogP contribution in [-0.2, 0) is 0 Å². The van der Waals surface area contributed by atoms with Crippen LogP contribution in [0.5, 0.6) is 0 Å². The van der Waals surface area contributed by atoms with Gasteiger partial charge in [0.15, 0.2) is 16.6 Å². The minimum atomic E-state index is -1.22. The Bertz CT molecular complexity index is 623. The van der Waals surface area contributed by atoms with Gasteiger partial charge in [-0.3, -0.25) is 4.79 Å². The molecule has 0 spiro atoms. The number of nitrogens with one attached hydrogen (secondary N) is 1. The highest BCUT2D eigenvalue weighted by Crippen LogP contribution is 2.27. The van der Waals surface area contributed by atoms with Crippen LogP contribution >= 0.6 is 22.9 Å². The molecule has 2 N–H and O–H groups in total. The summed E-state index contributed by atoms with van der Waals surface area (Å²) >= 11 is 6.84. The summed E-state index contributed by atoms with van der Waals surface area (Å²) in [6.07, 6.45) is 0. The highest BCUT2D eigenvalue weighted by molar-refractivity contribution is 7.17. The molecule has 0 unspecified atom stereocenters. The molecular weight excluding hydrogens is 288 g/mol. The SMILES string of the molecule is CC(=O)c1sc(Nc2cccc(Cl)c2)nc1C(=O)O. The maximum atomic E-state index is 11.3. The molecule has 0 saturated heterocycles. The standard InChI is InChI=1S/C12H9ClN2O3S/c1-6(16)10-9(11(17)18)15-12(19-10)14-8-4-2-3-7(13)5-8/h2-5H,1H3,(H,14,15)(H,17,18). The third-order valence-electron chi connectivity index (χ3n) is 2.23. The fraction of sp³-hybridized carbons (Fsp3) is 0.0833. The monoisotopic (exact) mass is 296 g/mol. The molecule has 0 amide bonds. The lowest BCUT2D eigenvalue weighted by molar-refractivity contribution is 0.0687. The van der Waals surface area contributed by atoms with E-state index in [0.717, 1.165) is 11.3 Å². The summed E-state index contributed by atoms with van der Waals surface area (Å²) in [7, 11) is 0. The minimum Gasteiger partial charge on any atom is -0.476 e. The van der Waals surface area contributed by atoms with Gasteiger partial charge in [0.25, 0.3) is 0 Å². The molecule has 0 atom stereocenters. The van der Waals surface area contributed by atoms with Gasteiger partial charge < -0.3 is 10.4 Å². The summed E-state index contributed by atoms with van der Waals surface area (Å²) in [5, 5.41) is 12.8. The van der Waals surface area contributed by atoms with Crippen LogP contribution in [0.4, 0.5) is 10.8 Å². The number of rotatable bonds is 4. The average molecular weight is 297 g/mol. The van der Waals surface area contributed by atoms with Crippen LogP contribution < -0.4 is 5.32 Å². The Morgan fingerprint density at radius 2 is 2.16 bits per heavy atom. The van der Waals surface area contributed by atoms with Crippen molar-refractivity contribution in [3.63, 3.8) is 0 Å². The Kier molecular flexibility index (Phi) is 3.82. The molecule has 7 heteroatoms. The first-order valence-corrected chi connectivity index (χ1v) is 6.44. The van der Waals surface area contributed by atoms with E-state index >= 15 is 0 Å². The van der Waals surface area contributed by atoms with Gasteiger partial charge in [-0.25, -0.2) is 9.78 Å². The Morgan fingerprint density at radius 1 is 1.42 bits per heavy atom. The van der Waals surface area contributed by atoms with Crippen molar-refractivity contribution in [1.82, 2.24) is 4.98 Å². The van der Waals surface area contributed by atoms with E-state index in [1.807, 2.05) is 0 Å². The number of halogens is 1. The van der Waals surface area contributed by atoms with Crippen LogP contribution in [0.25, 0.3) is 0 Å². The second-order valence-corrected chi connectivity index (χ2v) is 5.13. The van der Waals surface area contributed by atoms with Crippen LogP contribution in [0.2, 0.25) is 5.02 Å². The van der Waals surface area contributed by atoms with Gasteiger partial charge in [0.2, 0.25) is 0 Å². The molecular formula is C12H9ClN2O3S. The summed E-state index contributed by atoms with van der Waals surface area (Å²) in [5.41, 5.74) is 0.440. The number of Topliss-reactive ketones (excluding diaryl/α,β-unsaturated/α-hetero) is 1. The normalized spacial score (nSPS) is 10.2. The second-order valence-electron chi connectivity index (χ2n) is 3.69. The second kappa shape index (κ2) is 5.38. The van der Waals surface area contributed by atoms with E-state index in [1.54, 1.807) is 24.3 Å². The number of aromatic carboxylic acids is 1. The Balaban J connectivity index is 2.34. The molecule has 0 radical (unpaired) electrons. The van der Waals surface area contributed by atoms with E-state index in [2.05, 4.69) is 10.3 Å². The summed E-state index contributed by atoms with van der Waals surface area (Å²) in [6.45, 7) is 1.31. The van der Waals surface area contributed by atoms with Gasteiger partial charge in [-0.1, -0.05) is 29.0 Å². The fourth-order valence-corrected chi connectivity index (χ4v) is 2.51. The molecule has 0 aliphatic rings. The summed E-state index contributed by atoms with van der Waals surface area (Å²) in [4.78, 5) is 26.4. The molecule has 0 aliphatic heterocycles. The van der Waals surface area contributed by atoms with Crippen LogP contribution in [0.3, 0.4) is 0 Å². The number of hydrogen-bond donors (Lipinski definition) is 2. The third-order valence-corrected chi connectivity index (χ3v) is 3.53. The minimum absolute atomic E-state index is 0.122. The van der Waals surface area contributed by atoms with E-state index in [0.29, 0.717) is 15.8 Å². The molecule has 2 rings (SSSR count). The number of hydrogen-bond acceptors (Lipinski definition) is 5. The van der Waals surface area contributed by atoms with Crippen LogP contribution in [0, 0.1) is 0 Å². The maximum absolute atomic E-state index is 11.3. The van der Waals surface area contributed by atoms with Crippen molar-refractivity contribution in [2.24, 2.45) is 0 Å². The molecule has 1 aromatic carbocycles. The number of aromatic nitrogens is 1. The number of nitrogens with zero attached hydrogens (tertiary/aromatic N) is 1. The van der Waals surface area contributed by atoms with Gasteiger partial charge in [0.05, 0.1) is 0 Å². The van der Waals surface area contributed by atoms with Crippen LogP contribution in [-0.4, -0.2) is 21.8 Å². The molecule has 19 heavy (non-hydrogen) atoms. The van der Waals surface area contributed by atoms with Gasteiger partial charge in [-0.05, 0) is 18.2 Å². The first-order chi connectivity index (χ1) is 8.97. The topological polar surface area (TPSA) is 79.3 Å². The number of carboxylic acid groups (broad SMARTS) is 1. The van der Waals surface area contributed by atoms with Gasteiger partial charge in [-0.2, -0.15) is 0 Å². The number of anilines is 2. The fourth-order valence-electron chi connectivity index (χ4n) is 1.45. The number of carboxylic acids is 1. The summed E-state index contributed by atoms with van der Waals surface area (Å²) in [5.74, 6) is -1.55. The number of ketones is 1. The Morgan fingerprint density at radius 3 is 2.68 bits per heavy atom. The van der Waals surface area contributed by atoms with E-state index in [1.165, 1.54) is 6.92 Å². The smallest absolute Gasteiger partial charge is 0.356 e. The highest BCUT2D eigenvalue weighted by Gasteiger charge is 2.20. The number of carbonyl (C=O) groups is 2. The quantitative estimate of drug-likeness (QED) is 0.845. The first-order valence-electron chi connectivity index (χ1n) is 5.25. The van der Waals surface area contributed by atoms with Gasteiger partial charge in [0.1, 0.15) is 4.88 Å². The third kappa shape index (κ3) is 3.10. The zero-order valence-electron chi connectivity index (χ0n) is 9.81. The van der Waals surface area contributed by atoms with Crippen molar-refractivity contribution in [2.45, 2.75) is 6.92 Å². The summed E-state index contributed by atoms with van der Waals surface area (Å²) < 4.78 is 0. The van der Waals surface area contributed by atoms with E-state index < -0.39 is 5.97 Å². The number of carbonyl (C=O) groups excluding carboxylic acids is 1. The predicted molar refractivity (Wildman–Crippen MR) is 73.8 cm³/mol. The average Bonchev–Trinajstić information content (AvgIpc) is 2.73. The molecule has 98 valence electrons. The predicted octanol–water partition coefficient (Wildman–Crippen LogP) is 3.44. The zero-order valence-corrected chi connectivity index (χ0v) is 11.4. The van der Waals surface area contributed by atoms with Crippen LogP contribution in [0.15, 0.2) is 24.3 Å². The molecule has 0 aliphatic carbocycles. The molecule has 2 aromatic rings. The lowest BCUT2D eigenvalue weighted by atomic mass is 10.3. The Hall–Kier alpha value is -1.92. The van der Waals surface area contributed by atoms with E-state index in [-0.39, 0.29) is 16.4 Å². The lowest BCUT2D eigenvalue weighted by Gasteiger charge is -2.01. The Labute approximate surface area is 117 Å². The van der Waals surface area contributed by atoms with Crippen molar-refractivity contribution in [3.05, 3.63) is 39.9 Å². The van der Waals surface area contributed by atoms with Crippen molar-refractivity contribution in [2.75, 3.05) is 5.32 Å². The van der Waals surface area contributed by atoms with E-state index in [4.69, 9.17) is 16.7 Å². The van der Waals surface area contributed by atoms with Crippen molar-refractivity contribution >= 4 is 45.5 Å². The van der Waals surface area contributed by atoms with Crippen molar-refractivity contribution in [1.29, 1.82) is 0 Å². The largest absolute Gasteiger partial charge is 0.476 e. The van der Waals surface area contributed by atoms with Gasteiger partial charge >= 0.3 is 5.97 Å². The number of thiazole rings is 1. The molecule has 1 heterocycles. The van der Waals surface area contributed by atoms with Crippen molar-refractivity contribution in [3.8, 4) is 0 Å². The zero-order chi connectivity index (χ0) is 14.0. The van der Waals surface area contributed by atoms with Crippen molar-refractivity contribution < 1.29 is 14.7 Å². The van der Waals surface area contributed by atoms with E-state index in [9.17, 15) is 9.59 Å². The molecule has 5 nitrogen and oxygen atoms in total. The van der Waals surface area contributed by atoms with Gasteiger partial charge in [-0.15, -0.1) is 0 Å².